The van der Waals surface area contributed by atoms with Gasteiger partial charge in [0.05, 0.1) is 18.7 Å². The molecule has 0 atom stereocenters. The van der Waals surface area contributed by atoms with Crippen LogP contribution in [0.2, 0.25) is 0 Å². The van der Waals surface area contributed by atoms with E-state index in [9.17, 15) is 22.4 Å². The summed E-state index contributed by atoms with van der Waals surface area (Å²) in [5.41, 5.74) is -3.80. The van der Waals surface area contributed by atoms with Crippen LogP contribution < -0.4 is 0 Å². The Labute approximate surface area is 139 Å². The van der Waals surface area contributed by atoms with Gasteiger partial charge < -0.3 is 9.64 Å². The molecular weight excluding hydrogens is 382 g/mol. The highest BCUT2D eigenvalue weighted by molar-refractivity contribution is 9.10. The van der Waals surface area contributed by atoms with E-state index in [2.05, 4.69) is 15.9 Å². The molecule has 1 aromatic carbocycles. The van der Waals surface area contributed by atoms with Gasteiger partial charge in [-0.25, -0.2) is 9.18 Å². The number of nitrogens with zero attached hydrogens (tertiary/aromatic N) is 1. The molecule has 0 aromatic heterocycles. The fourth-order valence-electron chi connectivity index (χ4n) is 2.23. The average Bonchev–Trinajstić information content (AvgIpc) is 2.31. The van der Waals surface area contributed by atoms with Gasteiger partial charge in [-0.15, -0.1) is 0 Å². The van der Waals surface area contributed by atoms with Gasteiger partial charge >= 0.3 is 12.3 Å². The molecule has 23 heavy (non-hydrogen) atoms. The van der Waals surface area contributed by atoms with Gasteiger partial charge in [-0.05, 0) is 39.0 Å². The Kier molecular flexibility index (Phi) is 4.43. The first-order valence-corrected chi connectivity index (χ1v) is 7.65. The summed E-state index contributed by atoms with van der Waals surface area (Å²) in [6.07, 6.45) is -5.24. The highest BCUT2D eigenvalue weighted by Crippen LogP contribution is 2.42. The van der Waals surface area contributed by atoms with Gasteiger partial charge in [0.15, 0.2) is 5.67 Å². The number of alkyl halides is 4. The molecule has 8 heteroatoms. The molecule has 0 saturated carbocycles. The lowest BCUT2D eigenvalue weighted by Gasteiger charge is -2.45. The summed E-state index contributed by atoms with van der Waals surface area (Å²) in [6.45, 7) is 4.34. The summed E-state index contributed by atoms with van der Waals surface area (Å²) < 4.78 is 58.5. The Bertz CT molecular complexity index is 619. The van der Waals surface area contributed by atoms with Crippen LogP contribution in [0.25, 0.3) is 0 Å². The minimum absolute atomic E-state index is 0.118. The summed E-state index contributed by atoms with van der Waals surface area (Å²) in [5, 5.41) is 0. The van der Waals surface area contributed by atoms with Crippen LogP contribution in [0.1, 0.15) is 31.9 Å². The molecule has 0 N–H and O–H groups in total. The number of benzene rings is 1. The van der Waals surface area contributed by atoms with E-state index < -0.39 is 29.1 Å². The minimum atomic E-state index is -4.56. The van der Waals surface area contributed by atoms with Crippen LogP contribution in [0.4, 0.5) is 22.4 Å². The third-order valence-corrected chi connectivity index (χ3v) is 4.00. The third-order valence-electron chi connectivity index (χ3n) is 3.31. The summed E-state index contributed by atoms with van der Waals surface area (Å²) in [5.74, 6) is 0. The van der Waals surface area contributed by atoms with Gasteiger partial charge in [0.25, 0.3) is 0 Å². The number of likely N-dealkylation sites (tertiary alicyclic amines) is 1. The molecule has 0 aliphatic carbocycles. The molecule has 0 unspecified atom stereocenters. The third kappa shape index (κ3) is 3.97. The van der Waals surface area contributed by atoms with E-state index in [0.29, 0.717) is 0 Å². The van der Waals surface area contributed by atoms with Crippen LogP contribution in [-0.4, -0.2) is 29.7 Å². The van der Waals surface area contributed by atoms with Crippen LogP contribution in [0.15, 0.2) is 22.7 Å². The molecule has 1 heterocycles. The first-order chi connectivity index (χ1) is 10.3. The Morgan fingerprint density at radius 2 is 1.83 bits per heavy atom. The van der Waals surface area contributed by atoms with E-state index in [1.807, 2.05) is 0 Å². The number of carbonyl (C=O) groups is 1. The zero-order chi connectivity index (χ0) is 17.6. The first-order valence-electron chi connectivity index (χ1n) is 6.86. The van der Waals surface area contributed by atoms with Crippen molar-refractivity contribution in [1.82, 2.24) is 4.90 Å². The molecule has 1 amide bonds. The molecule has 1 aliphatic heterocycles. The van der Waals surface area contributed by atoms with Crippen molar-refractivity contribution in [2.24, 2.45) is 0 Å². The second-order valence-electron chi connectivity index (χ2n) is 6.49. The maximum Gasteiger partial charge on any atom is 0.416 e. The van der Waals surface area contributed by atoms with Gasteiger partial charge in [-0.3, -0.25) is 0 Å². The zero-order valence-corrected chi connectivity index (χ0v) is 14.4. The number of halogens is 5. The fourth-order valence-corrected chi connectivity index (χ4v) is 2.83. The Morgan fingerprint density at radius 1 is 1.26 bits per heavy atom. The van der Waals surface area contributed by atoms with Crippen LogP contribution >= 0.6 is 15.9 Å². The van der Waals surface area contributed by atoms with Crippen molar-refractivity contribution in [3.8, 4) is 0 Å². The molecule has 128 valence electrons. The Hall–Kier alpha value is -1.31. The van der Waals surface area contributed by atoms with E-state index >= 15 is 0 Å². The number of carbonyl (C=O) groups excluding carboxylic acids is 1. The van der Waals surface area contributed by atoms with Crippen molar-refractivity contribution in [2.75, 3.05) is 13.1 Å². The van der Waals surface area contributed by atoms with Crippen molar-refractivity contribution < 1.29 is 27.1 Å². The lowest BCUT2D eigenvalue weighted by Crippen LogP contribution is -2.59. The van der Waals surface area contributed by atoms with Crippen LogP contribution in [0.3, 0.4) is 0 Å². The predicted molar refractivity (Wildman–Crippen MR) is 79.7 cm³/mol. The van der Waals surface area contributed by atoms with Crippen LogP contribution in [0, 0.1) is 0 Å². The van der Waals surface area contributed by atoms with Crippen LogP contribution in [0.5, 0.6) is 0 Å². The normalized spacial score (nSPS) is 17.7. The molecule has 2 rings (SSSR count). The van der Waals surface area contributed by atoms with E-state index in [4.69, 9.17) is 4.74 Å². The lowest BCUT2D eigenvalue weighted by molar-refractivity contribution is -0.137. The van der Waals surface area contributed by atoms with Crippen molar-refractivity contribution in [2.45, 2.75) is 38.2 Å². The highest BCUT2D eigenvalue weighted by Gasteiger charge is 2.50. The number of ether oxygens (including phenoxy) is 1. The van der Waals surface area contributed by atoms with Crippen molar-refractivity contribution in [1.29, 1.82) is 0 Å². The molecule has 1 aliphatic rings. The average molecular weight is 398 g/mol. The maximum atomic E-state index is 14.9. The molecular formula is C15H16BrF4NO2. The lowest BCUT2D eigenvalue weighted by atomic mass is 9.87. The van der Waals surface area contributed by atoms with Gasteiger partial charge in [-0.1, -0.05) is 15.9 Å². The molecule has 1 fully saturated rings. The fraction of sp³-hybridized carbons (Fsp3) is 0.533. The quantitative estimate of drug-likeness (QED) is 0.631. The van der Waals surface area contributed by atoms with Crippen molar-refractivity contribution in [3.63, 3.8) is 0 Å². The Balaban J connectivity index is 2.17. The second-order valence-corrected chi connectivity index (χ2v) is 7.35. The Morgan fingerprint density at radius 3 is 2.30 bits per heavy atom. The van der Waals surface area contributed by atoms with E-state index in [-0.39, 0.29) is 23.1 Å². The van der Waals surface area contributed by atoms with Gasteiger partial charge in [0.1, 0.15) is 5.60 Å². The number of hydrogen-bond donors (Lipinski definition) is 0. The van der Waals surface area contributed by atoms with Crippen LogP contribution in [-0.2, 0) is 16.6 Å². The van der Waals surface area contributed by atoms with E-state index in [1.165, 1.54) is 0 Å². The van der Waals surface area contributed by atoms with Gasteiger partial charge in [-0.2, -0.15) is 13.2 Å². The van der Waals surface area contributed by atoms with E-state index in [1.54, 1.807) is 20.8 Å². The first kappa shape index (κ1) is 18.0. The number of rotatable bonds is 1. The molecule has 0 spiro atoms. The largest absolute Gasteiger partial charge is 0.444 e. The molecule has 1 saturated heterocycles. The second kappa shape index (κ2) is 5.65. The van der Waals surface area contributed by atoms with Gasteiger partial charge in [0, 0.05) is 10.0 Å². The number of amides is 1. The summed E-state index contributed by atoms with van der Waals surface area (Å²) in [7, 11) is 0. The smallest absolute Gasteiger partial charge is 0.416 e. The molecule has 1 aromatic rings. The predicted octanol–water partition coefficient (Wildman–Crippen LogP) is 4.88. The summed E-state index contributed by atoms with van der Waals surface area (Å²) >= 11 is 3.07. The SMILES string of the molecule is CC(C)(C)OC(=O)N1CC(F)(c2cc(C(F)(F)F)ccc2Br)C1. The highest BCUT2D eigenvalue weighted by atomic mass is 79.9. The maximum absolute atomic E-state index is 14.9. The number of hydrogen-bond acceptors (Lipinski definition) is 2. The standard InChI is InChI=1S/C15H16BrF4NO2/c1-13(2,3)23-12(22)21-7-14(17,8-21)10-6-9(15(18,19)20)4-5-11(10)16/h4-6H,7-8H2,1-3H3. The minimum Gasteiger partial charge on any atom is -0.444 e. The summed E-state index contributed by atoms with van der Waals surface area (Å²) in [6, 6.07) is 2.81. The molecule has 0 radical (unpaired) electrons. The topological polar surface area (TPSA) is 29.5 Å². The summed E-state index contributed by atoms with van der Waals surface area (Å²) in [4.78, 5) is 12.9. The monoisotopic (exact) mass is 397 g/mol. The zero-order valence-electron chi connectivity index (χ0n) is 12.8. The van der Waals surface area contributed by atoms with Crippen molar-refractivity contribution in [3.05, 3.63) is 33.8 Å². The molecule has 0 bridgehead atoms. The molecule has 3 nitrogen and oxygen atoms in total. The van der Waals surface area contributed by atoms with E-state index in [0.717, 1.165) is 23.1 Å². The van der Waals surface area contributed by atoms with Crippen molar-refractivity contribution >= 4 is 22.0 Å². The van der Waals surface area contributed by atoms with Gasteiger partial charge in [0.2, 0.25) is 0 Å².